The van der Waals surface area contributed by atoms with Crippen LogP contribution in [-0.4, -0.2) is 77.2 Å². The standard InChI is InChI=1S/C44H49ClN8O6S2/c1-26(2)60(54,55)40-13-8-7-11-36(40)47-43-34(45)23-46-44(49-43)48-35-12-9-10-33(35)31-16-17-41-38(22-31)59-28(4)24-53(61(41,56)57)25-32-19-29(15-14-27(32)3)18-30-20-37-42(39(21-30)58-6)52(5)51-50-37/h7-8,11,13-17,19-23,26,28,33,35H,9-10,12,18,24-25H2,1-6H3,(H2,46,47,48,49)/t28-,33?,35?/m1/s1. The summed E-state index contributed by atoms with van der Waals surface area (Å²) in [4.78, 5) is 9.39. The van der Waals surface area contributed by atoms with Gasteiger partial charge >= 0.3 is 0 Å². The van der Waals surface area contributed by atoms with Gasteiger partial charge < -0.3 is 20.1 Å². The van der Waals surface area contributed by atoms with E-state index in [-0.39, 0.29) is 45.7 Å². The molecule has 61 heavy (non-hydrogen) atoms. The number of rotatable bonds is 12. The maximum atomic E-state index is 14.4. The Balaban J connectivity index is 1.00. The molecule has 2 unspecified atom stereocenters. The lowest BCUT2D eigenvalue weighted by Gasteiger charge is -2.23. The summed E-state index contributed by atoms with van der Waals surface area (Å²) in [6, 6.07) is 22.2. The van der Waals surface area contributed by atoms with E-state index in [1.165, 1.54) is 10.5 Å². The van der Waals surface area contributed by atoms with Crippen molar-refractivity contribution >= 4 is 59.9 Å². The Kier molecular flexibility index (Phi) is 11.7. The van der Waals surface area contributed by atoms with E-state index < -0.39 is 31.2 Å². The Bertz CT molecular complexity index is 2850. The largest absolute Gasteiger partial charge is 0.494 e. The van der Waals surface area contributed by atoms with Gasteiger partial charge in [-0.1, -0.05) is 59.6 Å². The molecule has 2 N–H and O–H groups in total. The number of benzene rings is 4. The molecule has 0 amide bonds. The van der Waals surface area contributed by atoms with Crippen LogP contribution in [0, 0.1) is 6.92 Å². The number of ether oxygens (including phenoxy) is 2. The van der Waals surface area contributed by atoms with Crippen LogP contribution in [0.2, 0.25) is 5.02 Å². The fourth-order valence-corrected chi connectivity index (χ4v) is 11.2. The molecule has 3 heterocycles. The van der Waals surface area contributed by atoms with Crippen molar-refractivity contribution in [1.29, 1.82) is 0 Å². The van der Waals surface area contributed by atoms with E-state index in [0.717, 1.165) is 58.1 Å². The minimum absolute atomic E-state index is 0.0128. The van der Waals surface area contributed by atoms with E-state index >= 15 is 0 Å². The molecule has 1 aliphatic heterocycles. The molecule has 2 aromatic heterocycles. The van der Waals surface area contributed by atoms with E-state index in [4.69, 9.17) is 21.1 Å². The molecule has 0 spiro atoms. The number of methoxy groups -OCH3 is 1. The van der Waals surface area contributed by atoms with Crippen LogP contribution in [0.3, 0.4) is 0 Å². The molecule has 6 aromatic rings. The van der Waals surface area contributed by atoms with E-state index in [2.05, 4.69) is 43.0 Å². The molecule has 320 valence electrons. The molecule has 3 atom stereocenters. The van der Waals surface area contributed by atoms with Crippen LogP contribution in [0.1, 0.15) is 73.8 Å². The van der Waals surface area contributed by atoms with Crippen LogP contribution in [-0.2, 0) is 39.9 Å². The number of hydrogen-bond donors (Lipinski definition) is 2. The number of sulfonamides is 1. The van der Waals surface area contributed by atoms with Crippen LogP contribution in [0.15, 0.2) is 88.8 Å². The lowest BCUT2D eigenvalue weighted by atomic mass is 9.94. The molecule has 14 nitrogen and oxygen atoms in total. The molecule has 0 radical (unpaired) electrons. The summed E-state index contributed by atoms with van der Waals surface area (Å²) in [6.07, 6.45) is 4.30. The van der Waals surface area contributed by atoms with Crippen LogP contribution in [0.25, 0.3) is 11.0 Å². The zero-order valence-corrected chi connectivity index (χ0v) is 37.3. The van der Waals surface area contributed by atoms with Crippen molar-refractivity contribution in [3.8, 4) is 11.5 Å². The molecule has 1 fully saturated rings. The summed E-state index contributed by atoms with van der Waals surface area (Å²) in [6.45, 7) is 7.54. The lowest BCUT2D eigenvalue weighted by molar-refractivity contribution is 0.189. The van der Waals surface area contributed by atoms with E-state index in [0.29, 0.717) is 29.6 Å². The number of fused-ring (bicyclic) bond motifs is 2. The number of hydrogen-bond acceptors (Lipinski definition) is 12. The highest BCUT2D eigenvalue weighted by molar-refractivity contribution is 7.92. The maximum Gasteiger partial charge on any atom is 0.247 e. The van der Waals surface area contributed by atoms with Crippen molar-refractivity contribution in [2.45, 2.75) is 93.0 Å². The van der Waals surface area contributed by atoms with Crippen molar-refractivity contribution in [2.24, 2.45) is 7.05 Å². The molecule has 4 aromatic carbocycles. The number of nitrogens with zero attached hydrogens (tertiary/aromatic N) is 6. The number of para-hydroxylation sites is 1. The maximum absolute atomic E-state index is 14.4. The number of aromatic nitrogens is 5. The van der Waals surface area contributed by atoms with Crippen molar-refractivity contribution in [2.75, 3.05) is 24.3 Å². The molecule has 17 heteroatoms. The van der Waals surface area contributed by atoms with Crippen LogP contribution >= 0.6 is 11.6 Å². The van der Waals surface area contributed by atoms with Crippen molar-refractivity contribution < 1.29 is 26.3 Å². The number of anilines is 3. The van der Waals surface area contributed by atoms with Gasteiger partial charge in [-0.25, -0.2) is 26.5 Å². The molecule has 1 saturated carbocycles. The highest BCUT2D eigenvalue weighted by Crippen LogP contribution is 2.41. The third-order valence-corrected chi connectivity index (χ3v) is 15.9. The second-order valence-corrected chi connectivity index (χ2v) is 20.9. The summed E-state index contributed by atoms with van der Waals surface area (Å²) in [5.74, 6) is 1.64. The third kappa shape index (κ3) is 8.50. The topological polar surface area (TPSA) is 171 Å². The van der Waals surface area contributed by atoms with E-state index in [9.17, 15) is 16.8 Å². The summed E-state index contributed by atoms with van der Waals surface area (Å²) < 4.78 is 70.3. The smallest absolute Gasteiger partial charge is 0.247 e. The summed E-state index contributed by atoms with van der Waals surface area (Å²) in [5, 5.41) is 14.6. The minimum atomic E-state index is -3.94. The Morgan fingerprint density at radius 1 is 1.03 bits per heavy atom. The summed E-state index contributed by atoms with van der Waals surface area (Å²) >= 11 is 6.52. The SMILES string of the molecule is COc1cc(Cc2ccc(C)c(CN3C[C@@H](C)Oc4cc(C5CCCC5Nc5ncc(Cl)c(Nc6ccccc6S(=O)(=O)C(C)C)n5)ccc4S3(=O)=O)c2)cc2nnn(C)c12. The van der Waals surface area contributed by atoms with E-state index in [1.807, 2.05) is 51.2 Å². The lowest BCUT2D eigenvalue weighted by Crippen LogP contribution is -2.35. The van der Waals surface area contributed by atoms with Gasteiger partial charge in [-0.05, 0) is 111 Å². The molecular formula is C44H49ClN8O6S2. The molecule has 2 aliphatic rings. The Morgan fingerprint density at radius 2 is 1.84 bits per heavy atom. The summed E-state index contributed by atoms with van der Waals surface area (Å²) in [5.41, 5.74) is 6.83. The predicted molar refractivity (Wildman–Crippen MR) is 236 cm³/mol. The molecule has 0 saturated heterocycles. The average molecular weight is 886 g/mol. The molecule has 0 bridgehead atoms. The molecule has 1 aliphatic carbocycles. The van der Waals surface area contributed by atoms with Gasteiger partial charge in [0.15, 0.2) is 15.7 Å². The average Bonchev–Trinajstić information content (AvgIpc) is 3.83. The number of halogens is 1. The van der Waals surface area contributed by atoms with Gasteiger partial charge in [-0.2, -0.15) is 9.29 Å². The first-order valence-electron chi connectivity index (χ1n) is 20.3. The van der Waals surface area contributed by atoms with Gasteiger partial charge in [-0.15, -0.1) is 5.10 Å². The fraction of sp³-hybridized carbons (Fsp3) is 0.364. The van der Waals surface area contributed by atoms with Crippen molar-refractivity contribution in [1.82, 2.24) is 29.3 Å². The van der Waals surface area contributed by atoms with Gasteiger partial charge in [0.25, 0.3) is 0 Å². The quantitative estimate of drug-likeness (QED) is 0.122. The van der Waals surface area contributed by atoms with Gasteiger partial charge in [0.05, 0.1) is 35.7 Å². The van der Waals surface area contributed by atoms with Crippen LogP contribution < -0.4 is 20.1 Å². The minimum Gasteiger partial charge on any atom is -0.494 e. The zero-order chi connectivity index (χ0) is 43.2. The number of nitrogens with one attached hydrogen (secondary N) is 2. The highest BCUT2D eigenvalue weighted by Gasteiger charge is 2.36. The molecule has 8 rings (SSSR count). The second-order valence-electron chi connectivity index (χ2n) is 16.1. The first kappa shape index (κ1) is 42.4. The third-order valence-electron chi connectivity index (χ3n) is 11.6. The van der Waals surface area contributed by atoms with Crippen LogP contribution in [0.4, 0.5) is 17.5 Å². The molecular weight excluding hydrogens is 836 g/mol. The second kappa shape index (κ2) is 16.9. The fourth-order valence-electron chi connectivity index (χ4n) is 8.31. The first-order valence-corrected chi connectivity index (χ1v) is 23.6. The summed E-state index contributed by atoms with van der Waals surface area (Å²) in [7, 11) is -4.07. The predicted octanol–water partition coefficient (Wildman–Crippen LogP) is 7.97. The van der Waals surface area contributed by atoms with Gasteiger partial charge in [0.1, 0.15) is 38.6 Å². The van der Waals surface area contributed by atoms with Gasteiger partial charge in [-0.3, -0.25) is 0 Å². The number of sulfone groups is 1. The highest BCUT2D eigenvalue weighted by atomic mass is 35.5. The van der Waals surface area contributed by atoms with Crippen LogP contribution in [0.5, 0.6) is 11.5 Å². The van der Waals surface area contributed by atoms with E-state index in [1.54, 1.807) is 56.0 Å². The van der Waals surface area contributed by atoms with Crippen molar-refractivity contribution in [3.63, 3.8) is 0 Å². The van der Waals surface area contributed by atoms with Gasteiger partial charge in [0.2, 0.25) is 16.0 Å². The Hall–Kier alpha value is -5.29. The normalized spacial score (nSPS) is 19.0. The number of aryl methyl sites for hydroxylation is 2. The van der Waals surface area contributed by atoms with Gasteiger partial charge in [0, 0.05) is 25.6 Å². The monoisotopic (exact) mass is 884 g/mol. The Labute approximate surface area is 361 Å². The Morgan fingerprint density at radius 3 is 2.62 bits per heavy atom. The zero-order valence-electron chi connectivity index (χ0n) is 34.9. The van der Waals surface area contributed by atoms with Crippen molar-refractivity contribution in [3.05, 3.63) is 112 Å². The first-order chi connectivity index (χ1) is 29.1.